The monoisotopic (exact) mass is 301 g/mol. The van der Waals surface area contributed by atoms with Crippen molar-refractivity contribution in [3.63, 3.8) is 0 Å². The molecule has 0 atom stereocenters. The minimum Gasteiger partial charge on any atom is -0.496 e. The Morgan fingerprint density at radius 1 is 1.38 bits per heavy atom. The van der Waals surface area contributed by atoms with Gasteiger partial charge in [-0.15, -0.1) is 11.3 Å². The molecule has 0 aliphatic heterocycles. The fourth-order valence-corrected chi connectivity index (χ4v) is 2.58. The Labute approximate surface area is 127 Å². The zero-order chi connectivity index (χ0) is 15.1. The lowest BCUT2D eigenvalue weighted by Crippen LogP contribution is -2.27. The topological polar surface area (TPSA) is 74.2 Å². The van der Waals surface area contributed by atoms with Crippen molar-refractivity contribution >= 4 is 22.2 Å². The number of nitrogens with one attached hydrogen (secondary N) is 2. The van der Waals surface area contributed by atoms with Gasteiger partial charge in [0.05, 0.1) is 19.2 Å². The highest BCUT2D eigenvalue weighted by atomic mass is 32.1. The molecule has 2 N–H and O–H groups in total. The van der Waals surface area contributed by atoms with Gasteiger partial charge in [0.1, 0.15) is 16.8 Å². The highest BCUT2D eigenvalue weighted by molar-refractivity contribution is 7.14. The average molecular weight is 301 g/mol. The third kappa shape index (κ3) is 4.05. The number of thiophene rings is 1. The van der Waals surface area contributed by atoms with E-state index in [1.165, 1.54) is 11.3 Å². The third-order valence-electron chi connectivity index (χ3n) is 2.83. The normalized spacial score (nSPS) is 9.90. The molecule has 6 heteroatoms. The Morgan fingerprint density at radius 2 is 2.19 bits per heavy atom. The lowest BCUT2D eigenvalue weighted by atomic mass is 10.2. The Kier molecular flexibility index (Phi) is 5.32. The summed E-state index contributed by atoms with van der Waals surface area (Å²) in [5, 5.41) is 17.0. The molecule has 0 spiro atoms. The summed E-state index contributed by atoms with van der Waals surface area (Å²) in [6, 6.07) is 11.4. The van der Waals surface area contributed by atoms with Gasteiger partial charge in [-0.25, -0.2) is 0 Å². The number of nitrogens with zero attached hydrogens (tertiary/aromatic N) is 1. The molecule has 0 aliphatic carbocycles. The number of methoxy groups -OCH3 is 1. The Hall–Kier alpha value is -2.36. The van der Waals surface area contributed by atoms with Crippen molar-refractivity contribution in [2.45, 2.75) is 6.54 Å². The quantitative estimate of drug-likeness (QED) is 0.859. The number of rotatable bonds is 6. The Balaban J connectivity index is 1.84. The number of amides is 1. The Morgan fingerprint density at radius 3 is 2.95 bits per heavy atom. The summed E-state index contributed by atoms with van der Waals surface area (Å²) in [4.78, 5) is 11.8. The molecular formula is C15H15N3O2S. The second-order valence-corrected chi connectivity index (χ2v) is 5.15. The zero-order valence-electron chi connectivity index (χ0n) is 11.6. The van der Waals surface area contributed by atoms with Gasteiger partial charge in [0.25, 0.3) is 0 Å². The molecule has 5 nitrogen and oxygen atoms in total. The highest BCUT2D eigenvalue weighted by Crippen LogP contribution is 2.21. The molecule has 0 saturated heterocycles. The van der Waals surface area contributed by atoms with Crippen molar-refractivity contribution in [2.75, 3.05) is 19.0 Å². The van der Waals surface area contributed by atoms with E-state index in [4.69, 9.17) is 10.00 Å². The first-order valence-corrected chi connectivity index (χ1v) is 7.22. The first-order valence-electron chi connectivity index (χ1n) is 6.34. The van der Waals surface area contributed by atoms with E-state index in [9.17, 15) is 4.79 Å². The first-order chi connectivity index (χ1) is 10.2. The van der Waals surface area contributed by atoms with Crippen LogP contribution in [0.1, 0.15) is 11.1 Å². The first kappa shape index (κ1) is 15.0. The van der Waals surface area contributed by atoms with Gasteiger partial charge in [-0.2, -0.15) is 5.26 Å². The molecule has 108 valence electrons. The molecule has 0 radical (unpaired) electrons. The van der Waals surface area contributed by atoms with Gasteiger partial charge in [-0.05, 0) is 17.5 Å². The predicted molar refractivity (Wildman–Crippen MR) is 82.4 cm³/mol. The largest absolute Gasteiger partial charge is 0.496 e. The number of hydrogen-bond donors (Lipinski definition) is 2. The molecule has 0 aliphatic rings. The van der Waals surface area contributed by atoms with Crippen LogP contribution in [-0.4, -0.2) is 19.6 Å². The molecule has 0 unspecified atom stereocenters. The van der Waals surface area contributed by atoms with Gasteiger partial charge < -0.3 is 15.4 Å². The van der Waals surface area contributed by atoms with Crippen molar-refractivity contribution in [1.29, 1.82) is 5.26 Å². The molecule has 2 aromatic rings. The van der Waals surface area contributed by atoms with E-state index < -0.39 is 0 Å². The molecule has 21 heavy (non-hydrogen) atoms. The van der Waals surface area contributed by atoms with E-state index in [2.05, 4.69) is 10.6 Å². The van der Waals surface area contributed by atoms with Crippen LogP contribution in [0.15, 0.2) is 35.7 Å². The van der Waals surface area contributed by atoms with Crippen LogP contribution in [-0.2, 0) is 11.3 Å². The van der Waals surface area contributed by atoms with Crippen molar-refractivity contribution in [3.8, 4) is 11.8 Å². The van der Waals surface area contributed by atoms with E-state index in [0.29, 0.717) is 17.1 Å². The van der Waals surface area contributed by atoms with Gasteiger partial charge >= 0.3 is 0 Å². The molecule has 0 saturated carbocycles. The van der Waals surface area contributed by atoms with E-state index in [1.54, 1.807) is 18.6 Å². The predicted octanol–water partition coefficient (Wildman–Crippen LogP) is 2.36. The zero-order valence-corrected chi connectivity index (χ0v) is 12.4. The number of para-hydroxylation sites is 1. The highest BCUT2D eigenvalue weighted by Gasteiger charge is 2.08. The van der Waals surface area contributed by atoms with Crippen LogP contribution in [0.2, 0.25) is 0 Å². The van der Waals surface area contributed by atoms with Gasteiger partial charge in [-0.1, -0.05) is 18.2 Å². The number of benzene rings is 1. The summed E-state index contributed by atoms with van der Waals surface area (Å²) in [5.74, 6) is 0.610. The van der Waals surface area contributed by atoms with Gasteiger partial charge in [0.15, 0.2) is 0 Å². The molecule has 0 fully saturated rings. The molecule has 2 rings (SSSR count). The molecule has 0 bridgehead atoms. The van der Waals surface area contributed by atoms with Crippen LogP contribution in [0.25, 0.3) is 0 Å². The fraction of sp³-hybridized carbons (Fsp3) is 0.200. The number of anilines is 1. The summed E-state index contributed by atoms with van der Waals surface area (Å²) >= 11 is 1.34. The minimum absolute atomic E-state index is 0.167. The smallest absolute Gasteiger partial charge is 0.238 e. The SMILES string of the molecule is COc1ccccc1CNCC(=O)Nc1sccc1C#N. The standard InChI is InChI=1S/C15H15N3O2S/c1-20-13-5-3-2-4-12(13)9-17-10-14(19)18-15-11(8-16)6-7-21-15/h2-7,17H,9-10H2,1H3,(H,18,19). The second kappa shape index (κ2) is 7.43. The van der Waals surface area contributed by atoms with Crippen molar-refractivity contribution in [1.82, 2.24) is 5.32 Å². The second-order valence-electron chi connectivity index (χ2n) is 4.24. The summed E-state index contributed by atoms with van der Waals surface area (Å²) in [5.41, 5.74) is 1.47. The van der Waals surface area contributed by atoms with Crippen LogP contribution >= 0.6 is 11.3 Å². The van der Waals surface area contributed by atoms with E-state index in [1.807, 2.05) is 30.3 Å². The van der Waals surface area contributed by atoms with E-state index in [-0.39, 0.29) is 12.5 Å². The maximum atomic E-state index is 11.8. The molecule has 1 aromatic heterocycles. The molecular weight excluding hydrogens is 286 g/mol. The maximum absolute atomic E-state index is 11.8. The van der Waals surface area contributed by atoms with Crippen LogP contribution < -0.4 is 15.4 Å². The Bertz CT molecular complexity index is 661. The number of carbonyl (C=O) groups is 1. The van der Waals surface area contributed by atoms with Crippen LogP contribution in [0.4, 0.5) is 5.00 Å². The van der Waals surface area contributed by atoms with E-state index >= 15 is 0 Å². The van der Waals surface area contributed by atoms with Gasteiger partial charge in [-0.3, -0.25) is 4.79 Å². The van der Waals surface area contributed by atoms with Crippen molar-refractivity contribution in [3.05, 3.63) is 46.8 Å². The number of nitriles is 1. The van der Waals surface area contributed by atoms with Gasteiger partial charge in [0.2, 0.25) is 5.91 Å². The fourth-order valence-electron chi connectivity index (χ4n) is 1.82. The van der Waals surface area contributed by atoms with Crippen molar-refractivity contribution < 1.29 is 9.53 Å². The number of hydrogen-bond acceptors (Lipinski definition) is 5. The van der Waals surface area contributed by atoms with Gasteiger partial charge in [0, 0.05) is 12.1 Å². The van der Waals surface area contributed by atoms with Crippen LogP contribution in [0, 0.1) is 11.3 Å². The summed E-state index contributed by atoms with van der Waals surface area (Å²) in [6.07, 6.45) is 0. The molecule has 1 heterocycles. The summed E-state index contributed by atoms with van der Waals surface area (Å²) in [6.45, 7) is 0.702. The lowest BCUT2D eigenvalue weighted by Gasteiger charge is -2.09. The minimum atomic E-state index is -0.177. The summed E-state index contributed by atoms with van der Waals surface area (Å²) < 4.78 is 5.24. The van der Waals surface area contributed by atoms with Crippen LogP contribution in [0.5, 0.6) is 5.75 Å². The molecule has 1 amide bonds. The third-order valence-corrected chi connectivity index (χ3v) is 3.66. The van der Waals surface area contributed by atoms with E-state index in [0.717, 1.165) is 11.3 Å². The average Bonchev–Trinajstić information content (AvgIpc) is 2.94. The maximum Gasteiger partial charge on any atom is 0.238 e. The van der Waals surface area contributed by atoms with Crippen molar-refractivity contribution in [2.24, 2.45) is 0 Å². The number of carbonyl (C=O) groups excluding carboxylic acids is 1. The van der Waals surface area contributed by atoms with Crippen LogP contribution in [0.3, 0.4) is 0 Å². The number of ether oxygens (including phenoxy) is 1. The lowest BCUT2D eigenvalue weighted by molar-refractivity contribution is -0.115. The summed E-state index contributed by atoms with van der Waals surface area (Å²) in [7, 11) is 1.62. The molecule has 1 aromatic carbocycles.